The second kappa shape index (κ2) is 6.85. The van der Waals surface area contributed by atoms with Gasteiger partial charge in [0.1, 0.15) is 5.25 Å². The molecule has 0 unspecified atom stereocenters. The lowest BCUT2D eigenvalue weighted by Gasteiger charge is -2.12. The Morgan fingerprint density at radius 1 is 1.30 bits per heavy atom. The lowest BCUT2D eigenvalue weighted by atomic mass is 10.4. The van der Waals surface area contributed by atoms with Gasteiger partial charge in [-0.2, -0.15) is 0 Å². The summed E-state index contributed by atoms with van der Waals surface area (Å²) < 4.78 is 24.3. The molecule has 108 valence electrons. The average Bonchev–Trinajstić information content (AvgIpc) is 2.45. The van der Waals surface area contributed by atoms with E-state index in [-0.39, 0.29) is 11.4 Å². The van der Waals surface area contributed by atoms with Crippen molar-refractivity contribution in [2.45, 2.75) is 17.1 Å². The van der Waals surface area contributed by atoms with E-state index in [2.05, 4.69) is 11.9 Å². The molecule has 7 heteroatoms. The molecule has 0 fully saturated rings. The molecule has 2 N–H and O–H groups in total. The van der Waals surface area contributed by atoms with E-state index in [1.54, 1.807) is 18.2 Å². The molecule has 0 bridgehead atoms. The Labute approximate surface area is 117 Å². The van der Waals surface area contributed by atoms with E-state index in [1.165, 1.54) is 25.1 Å². The van der Waals surface area contributed by atoms with Crippen molar-refractivity contribution in [3.63, 3.8) is 0 Å². The molecule has 0 radical (unpaired) electrons. The van der Waals surface area contributed by atoms with E-state index < -0.39 is 27.0 Å². The van der Waals surface area contributed by atoms with E-state index in [1.807, 2.05) is 5.32 Å². The minimum Gasteiger partial charge on any atom is -0.334 e. The molecule has 20 heavy (non-hydrogen) atoms. The number of carbonyl (C=O) groups excluding carboxylic acids is 2. The number of carbonyl (C=O) groups is 2. The van der Waals surface area contributed by atoms with Gasteiger partial charge in [-0.25, -0.2) is 13.2 Å². The summed E-state index contributed by atoms with van der Waals surface area (Å²) in [7, 11) is -3.82. The van der Waals surface area contributed by atoms with E-state index in [9.17, 15) is 18.0 Å². The first-order valence-corrected chi connectivity index (χ1v) is 7.42. The second-order valence-electron chi connectivity index (χ2n) is 3.99. The number of urea groups is 1. The van der Waals surface area contributed by atoms with E-state index >= 15 is 0 Å². The zero-order valence-electron chi connectivity index (χ0n) is 11.0. The van der Waals surface area contributed by atoms with Gasteiger partial charge in [0.2, 0.25) is 5.91 Å². The van der Waals surface area contributed by atoms with Crippen LogP contribution in [0.3, 0.4) is 0 Å². The second-order valence-corrected chi connectivity index (χ2v) is 6.26. The monoisotopic (exact) mass is 296 g/mol. The third-order valence-electron chi connectivity index (χ3n) is 2.55. The van der Waals surface area contributed by atoms with Crippen molar-refractivity contribution in [3.8, 4) is 0 Å². The highest BCUT2D eigenvalue weighted by atomic mass is 32.2. The number of nitrogens with one attached hydrogen (secondary N) is 2. The number of hydrogen-bond donors (Lipinski definition) is 2. The summed E-state index contributed by atoms with van der Waals surface area (Å²) >= 11 is 0. The largest absolute Gasteiger partial charge is 0.334 e. The molecule has 0 aromatic heterocycles. The quantitative estimate of drug-likeness (QED) is 0.788. The Hall–Kier alpha value is -2.15. The lowest BCUT2D eigenvalue weighted by Crippen LogP contribution is -2.45. The summed E-state index contributed by atoms with van der Waals surface area (Å²) in [6, 6.07) is 6.84. The number of imide groups is 1. The van der Waals surface area contributed by atoms with Gasteiger partial charge in [-0.3, -0.25) is 10.1 Å². The third-order valence-corrected chi connectivity index (χ3v) is 4.62. The smallest absolute Gasteiger partial charge is 0.321 e. The number of rotatable bonds is 5. The molecule has 1 atom stereocenters. The number of amides is 3. The van der Waals surface area contributed by atoms with Gasteiger partial charge in [-0.05, 0) is 19.1 Å². The molecule has 0 saturated carbocycles. The normalized spacial score (nSPS) is 12.2. The summed E-state index contributed by atoms with van der Waals surface area (Å²) in [6.45, 7) is 4.82. The van der Waals surface area contributed by atoms with Crippen molar-refractivity contribution in [2.75, 3.05) is 6.54 Å². The molecular weight excluding hydrogens is 280 g/mol. The topological polar surface area (TPSA) is 92.3 Å². The first-order chi connectivity index (χ1) is 9.39. The van der Waals surface area contributed by atoms with Crippen LogP contribution in [0, 0.1) is 0 Å². The van der Waals surface area contributed by atoms with Crippen molar-refractivity contribution in [2.24, 2.45) is 0 Å². The van der Waals surface area contributed by atoms with Gasteiger partial charge in [-0.15, -0.1) is 6.58 Å². The average molecular weight is 296 g/mol. The maximum absolute atomic E-state index is 12.2. The predicted octanol–water partition coefficient (Wildman–Crippen LogP) is 0.861. The minimum atomic E-state index is -3.82. The Morgan fingerprint density at radius 3 is 2.45 bits per heavy atom. The highest BCUT2D eigenvalue weighted by molar-refractivity contribution is 7.92. The molecule has 1 aromatic carbocycles. The Morgan fingerprint density at radius 2 is 1.90 bits per heavy atom. The molecule has 1 aromatic rings. The number of hydrogen-bond acceptors (Lipinski definition) is 4. The summed E-state index contributed by atoms with van der Waals surface area (Å²) in [4.78, 5) is 23.1. The first-order valence-electron chi connectivity index (χ1n) is 5.88. The van der Waals surface area contributed by atoms with E-state index in [0.29, 0.717) is 0 Å². The Balaban J connectivity index is 2.79. The van der Waals surface area contributed by atoms with Gasteiger partial charge >= 0.3 is 6.03 Å². The fourth-order valence-electron chi connectivity index (χ4n) is 1.38. The van der Waals surface area contributed by atoms with Crippen LogP contribution in [-0.2, 0) is 14.6 Å². The van der Waals surface area contributed by atoms with Crippen molar-refractivity contribution < 1.29 is 18.0 Å². The zero-order valence-corrected chi connectivity index (χ0v) is 11.8. The van der Waals surface area contributed by atoms with Gasteiger partial charge in [-0.1, -0.05) is 24.3 Å². The number of sulfone groups is 1. The molecule has 1 rings (SSSR count). The molecule has 0 heterocycles. The van der Waals surface area contributed by atoms with Crippen LogP contribution in [0.2, 0.25) is 0 Å². The van der Waals surface area contributed by atoms with Gasteiger partial charge < -0.3 is 5.32 Å². The maximum Gasteiger partial charge on any atom is 0.321 e. The molecule has 0 saturated heterocycles. The van der Waals surface area contributed by atoms with Crippen LogP contribution in [0.1, 0.15) is 6.92 Å². The molecule has 6 nitrogen and oxygen atoms in total. The van der Waals surface area contributed by atoms with Crippen molar-refractivity contribution in [3.05, 3.63) is 43.0 Å². The first kappa shape index (κ1) is 15.9. The SMILES string of the molecule is C=CCNC(=O)NC(=O)[C@H](C)S(=O)(=O)c1ccccc1. The molecule has 0 aliphatic carbocycles. The van der Waals surface area contributed by atoms with Crippen LogP contribution in [0.4, 0.5) is 4.79 Å². The van der Waals surface area contributed by atoms with Crippen LogP contribution in [0.25, 0.3) is 0 Å². The lowest BCUT2D eigenvalue weighted by molar-refractivity contribution is -0.119. The standard InChI is InChI=1S/C13H16N2O4S/c1-3-9-14-13(17)15-12(16)10(2)20(18,19)11-7-5-4-6-8-11/h3-8,10H,1,9H2,2H3,(H2,14,15,16,17)/t10-/m0/s1. The summed E-state index contributed by atoms with van der Waals surface area (Å²) in [5.74, 6) is -0.879. The minimum absolute atomic E-state index is 0.0362. The molecule has 0 spiro atoms. The summed E-state index contributed by atoms with van der Waals surface area (Å²) in [5, 5.41) is 2.94. The highest BCUT2D eigenvalue weighted by Crippen LogP contribution is 2.15. The molecule has 0 aliphatic rings. The van der Waals surface area contributed by atoms with Gasteiger partial charge in [0, 0.05) is 6.54 Å². The van der Waals surface area contributed by atoms with Crippen LogP contribution in [0.5, 0.6) is 0 Å². The van der Waals surface area contributed by atoms with Crippen LogP contribution >= 0.6 is 0 Å². The molecule has 3 amide bonds. The maximum atomic E-state index is 12.2. The van der Waals surface area contributed by atoms with Crippen LogP contribution in [0.15, 0.2) is 47.9 Å². The highest BCUT2D eigenvalue weighted by Gasteiger charge is 2.30. The van der Waals surface area contributed by atoms with Crippen LogP contribution in [-0.4, -0.2) is 32.2 Å². The fourth-order valence-corrected chi connectivity index (χ4v) is 2.66. The van der Waals surface area contributed by atoms with Gasteiger partial charge in [0.15, 0.2) is 9.84 Å². The molecule has 0 aliphatic heterocycles. The molecular formula is C13H16N2O4S. The Kier molecular flexibility index (Phi) is 5.45. The van der Waals surface area contributed by atoms with Crippen molar-refractivity contribution in [1.82, 2.24) is 10.6 Å². The summed E-state index contributed by atoms with van der Waals surface area (Å²) in [5.41, 5.74) is 0. The third kappa shape index (κ3) is 3.92. The fraction of sp³-hybridized carbons (Fsp3) is 0.231. The van der Waals surface area contributed by atoms with Crippen molar-refractivity contribution >= 4 is 21.8 Å². The van der Waals surface area contributed by atoms with E-state index in [0.717, 1.165) is 0 Å². The number of benzene rings is 1. The predicted molar refractivity (Wildman–Crippen MR) is 74.8 cm³/mol. The van der Waals surface area contributed by atoms with Gasteiger partial charge in [0.25, 0.3) is 0 Å². The Bertz CT molecular complexity index is 596. The zero-order chi connectivity index (χ0) is 15.2. The van der Waals surface area contributed by atoms with E-state index in [4.69, 9.17) is 0 Å². The van der Waals surface area contributed by atoms with Crippen molar-refractivity contribution in [1.29, 1.82) is 0 Å². The van der Waals surface area contributed by atoms with Gasteiger partial charge in [0.05, 0.1) is 4.90 Å². The summed E-state index contributed by atoms with van der Waals surface area (Å²) in [6.07, 6.45) is 1.44. The van der Waals surface area contributed by atoms with Crippen LogP contribution < -0.4 is 10.6 Å².